The van der Waals surface area contributed by atoms with Gasteiger partial charge in [-0.05, 0) is 37.5 Å². The molecule has 0 fully saturated rings. The Kier molecular flexibility index (Phi) is 54.3. The summed E-state index contributed by atoms with van der Waals surface area (Å²) in [6, 6.07) is 0. The number of hydrogen-bond donors (Lipinski definition) is 3. The second-order valence-corrected chi connectivity index (χ2v) is 26.7. The number of carbonyl (C=O) groups excluding carboxylic acids is 4. The Morgan fingerprint density at radius 2 is 0.561 bits per heavy atom. The second-order valence-electron chi connectivity index (χ2n) is 23.7. The third-order valence-corrected chi connectivity index (χ3v) is 16.4. The smallest absolute Gasteiger partial charge is 0.462 e. The molecule has 0 aliphatic rings. The summed E-state index contributed by atoms with van der Waals surface area (Å²) >= 11 is 0. The van der Waals surface area contributed by atoms with Crippen LogP contribution in [0.15, 0.2) is 0 Å². The number of carbonyl (C=O) groups is 4. The number of rotatable bonds is 62. The zero-order chi connectivity index (χ0) is 60.8. The highest BCUT2D eigenvalue weighted by Crippen LogP contribution is 2.45. The van der Waals surface area contributed by atoms with Crippen molar-refractivity contribution in [3.05, 3.63) is 0 Å². The molecule has 19 heteroatoms. The summed E-state index contributed by atoms with van der Waals surface area (Å²) in [5, 5.41) is 10.5. The molecule has 0 aromatic rings. The Morgan fingerprint density at radius 1 is 0.329 bits per heavy atom. The van der Waals surface area contributed by atoms with Crippen molar-refractivity contribution >= 4 is 39.5 Å². The minimum Gasteiger partial charge on any atom is -0.462 e. The molecule has 486 valence electrons. The lowest BCUT2D eigenvalue weighted by Crippen LogP contribution is -2.30. The second kappa shape index (κ2) is 55.6. The standard InChI is InChI=1S/C63H122O17P2/c1-7-9-11-13-15-16-17-18-19-22-29-35-41-47-62(67)79-59(52-74-61(66)46-40-34-28-23-20-21-26-31-37-43-55(3)4)54-78-82(71,72)76-50-57(64)49-75-81(69,70)77-53-58(51-73-60(65)45-39-33-25-14-12-10-8-2)80-63(68)48-42-36-30-24-27-32-38-44-56(5)6/h55-59,64H,7-54H2,1-6H3,(H,69,70)(H,71,72)/t57-,58+,59+/m0/s1. The van der Waals surface area contributed by atoms with E-state index in [9.17, 15) is 43.2 Å². The van der Waals surface area contributed by atoms with Gasteiger partial charge in [0.1, 0.15) is 19.3 Å². The monoisotopic (exact) mass is 1210 g/mol. The first-order chi connectivity index (χ1) is 39.4. The minimum atomic E-state index is -4.94. The van der Waals surface area contributed by atoms with Crippen LogP contribution < -0.4 is 0 Å². The number of phosphoric acid groups is 2. The average Bonchev–Trinajstić information content (AvgIpc) is 3.43. The molecule has 5 atom stereocenters. The van der Waals surface area contributed by atoms with Crippen LogP contribution in [0, 0.1) is 11.8 Å². The van der Waals surface area contributed by atoms with Crippen molar-refractivity contribution < 1.29 is 80.2 Å². The number of esters is 4. The maximum atomic E-state index is 13.0. The van der Waals surface area contributed by atoms with E-state index in [1.165, 1.54) is 116 Å². The van der Waals surface area contributed by atoms with Crippen LogP contribution in [0.4, 0.5) is 0 Å². The van der Waals surface area contributed by atoms with Gasteiger partial charge in [-0.25, -0.2) is 9.13 Å². The molecular formula is C63H122O17P2. The van der Waals surface area contributed by atoms with Crippen molar-refractivity contribution in [1.29, 1.82) is 0 Å². The van der Waals surface area contributed by atoms with Crippen molar-refractivity contribution in [1.82, 2.24) is 0 Å². The Balaban J connectivity index is 5.22. The molecule has 82 heavy (non-hydrogen) atoms. The fourth-order valence-electron chi connectivity index (χ4n) is 9.35. The average molecular weight is 1210 g/mol. The van der Waals surface area contributed by atoms with Crippen molar-refractivity contribution in [2.45, 2.75) is 330 Å². The van der Waals surface area contributed by atoms with E-state index >= 15 is 0 Å². The van der Waals surface area contributed by atoms with E-state index in [1.54, 1.807) is 0 Å². The van der Waals surface area contributed by atoms with Crippen molar-refractivity contribution in [2.75, 3.05) is 39.6 Å². The third kappa shape index (κ3) is 57.2. The SMILES string of the molecule is CCCCCCCCCCCCCCCC(=O)O[C@H](COC(=O)CCCCCCCCCCCC(C)C)COP(=O)(O)OC[C@@H](O)COP(=O)(O)OC[C@@H](COC(=O)CCCCCCCCC)OC(=O)CCCCCCCCCC(C)C. The Morgan fingerprint density at radius 3 is 0.829 bits per heavy atom. The van der Waals surface area contributed by atoms with Crippen LogP contribution in [-0.4, -0.2) is 96.7 Å². The van der Waals surface area contributed by atoms with Crippen LogP contribution in [0.1, 0.15) is 311 Å². The number of aliphatic hydroxyl groups excluding tert-OH is 1. The van der Waals surface area contributed by atoms with E-state index in [0.29, 0.717) is 31.6 Å². The Bertz CT molecular complexity index is 1620. The van der Waals surface area contributed by atoms with Crippen molar-refractivity contribution in [3.63, 3.8) is 0 Å². The van der Waals surface area contributed by atoms with Gasteiger partial charge in [0.25, 0.3) is 0 Å². The molecule has 0 aromatic heterocycles. The van der Waals surface area contributed by atoms with Gasteiger partial charge in [0.05, 0.1) is 26.4 Å². The van der Waals surface area contributed by atoms with Gasteiger partial charge in [-0.2, -0.15) is 0 Å². The normalized spacial score (nSPS) is 14.3. The van der Waals surface area contributed by atoms with Crippen LogP contribution in [0.2, 0.25) is 0 Å². The van der Waals surface area contributed by atoms with Gasteiger partial charge < -0.3 is 33.8 Å². The first kappa shape index (κ1) is 80.1. The molecule has 0 spiro atoms. The summed E-state index contributed by atoms with van der Waals surface area (Å²) in [5.41, 5.74) is 0. The summed E-state index contributed by atoms with van der Waals surface area (Å²) in [4.78, 5) is 72.0. The molecule has 0 radical (unpaired) electrons. The maximum Gasteiger partial charge on any atom is 0.472 e. The molecule has 17 nitrogen and oxygen atoms in total. The number of ether oxygens (including phenoxy) is 4. The molecule has 2 unspecified atom stereocenters. The highest BCUT2D eigenvalue weighted by molar-refractivity contribution is 7.47. The molecular weight excluding hydrogens is 1090 g/mol. The van der Waals surface area contributed by atoms with E-state index in [4.69, 9.17) is 37.0 Å². The predicted molar refractivity (Wildman–Crippen MR) is 326 cm³/mol. The Hall–Kier alpha value is -1.94. The molecule has 0 amide bonds. The zero-order valence-electron chi connectivity index (χ0n) is 52.8. The fourth-order valence-corrected chi connectivity index (χ4v) is 10.9. The maximum absolute atomic E-state index is 13.0. The van der Waals surface area contributed by atoms with Gasteiger partial charge in [0, 0.05) is 25.7 Å². The first-order valence-electron chi connectivity index (χ1n) is 33.0. The molecule has 0 rings (SSSR count). The number of phosphoric ester groups is 2. The molecule has 0 bridgehead atoms. The molecule has 3 N–H and O–H groups in total. The highest BCUT2D eigenvalue weighted by atomic mass is 31.2. The zero-order valence-corrected chi connectivity index (χ0v) is 54.6. The fraction of sp³-hybridized carbons (Fsp3) is 0.937. The van der Waals surface area contributed by atoms with Crippen LogP contribution in [-0.2, 0) is 65.4 Å². The van der Waals surface area contributed by atoms with Crippen molar-refractivity contribution in [2.24, 2.45) is 11.8 Å². The molecule has 0 aliphatic heterocycles. The first-order valence-corrected chi connectivity index (χ1v) is 36.0. The van der Waals surface area contributed by atoms with E-state index in [-0.39, 0.29) is 25.7 Å². The molecule has 0 saturated heterocycles. The quantitative estimate of drug-likeness (QED) is 0.0222. The topological polar surface area (TPSA) is 237 Å². The van der Waals surface area contributed by atoms with Crippen LogP contribution in [0.25, 0.3) is 0 Å². The number of unbranched alkanes of at least 4 members (excludes halogenated alkanes) is 32. The highest BCUT2D eigenvalue weighted by Gasteiger charge is 2.30. The lowest BCUT2D eigenvalue weighted by molar-refractivity contribution is -0.161. The van der Waals surface area contributed by atoms with Gasteiger partial charge in [-0.3, -0.25) is 37.3 Å². The van der Waals surface area contributed by atoms with Gasteiger partial charge in [-0.1, -0.05) is 260 Å². The molecule has 0 aliphatic carbocycles. The van der Waals surface area contributed by atoms with Crippen molar-refractivity contribution in [3.8, 4) is 0 Å². The summed E-state index contributed by atoms with van der Waals surface area (Å²) in [6.45, 7) is 9.37. The summed E-state index contributed by atoms with van der Waals surface area (Å²) in [7, 11) is -9.88. The van der Waals surface area contributed by atoms with Gasteiger partial charge >= 0.3 is 39.5 Å². The van der Waals surface area contributed by atoms with E-state index < -0.39 is 97.5 Å². The predicted octanol–water partition coefficient (Wildman–Crippen LogP) is 17.3. The van der Waals surface area contributed by atoms with Crippen LogP contribution in [0.3, 0.4) is 0 Å². The third-order valence-electron chi connectivity index (χ3n) is 14.5. The lowest BCUT2D eigenvalue weighted by Gasteiger charge is -2.21. The minimum absolute atomic E-state index is 0.103. The Labute approximate surface area is 498 Å². The van der Waals surface area contributed by atoms with Crippen LogP contribution >= 0.6 is 15.6 Å². The summed E-state index contributed by atoms with van der Waals surface area (Å²) in [5.74, 6) is -0.700. The summed E-state index contributed by atoms with van der Waals surface area (Å²) in [6.07, 6.45) is 37.7. The lowest BCUT2D eigenvalue weighted by atomic mass is 10.0. The molecule has 0 saturated carbocycles. The number of aliphatic hydroxyl groups is 1. The van der Waals surface area contributed by atoms with Gasteiger partial charge in [0.15, 0.2) is 12.2 Å². The molecule has 0 heterocycles. The van der Waals surface area contributed by atoms with Gasteiger partial charge in [-0.15, -0.1) is 0 Å². The van der Waals surface area contributed by atoms with Gasteiger partial charge in [0.2, 0.25) is 0 Å². The number of hydrogen-bond acceptors (Lipinski definition) is 15. The van der Waals surface area contributed by atoms with E-state index in [1.807, 2.05) is 0 Å². The molecule has 0 aromatic carbocycles. The van der Waals surface area contributed by atoms with E-state index in [2.05, 4.69) is 41.5 Å². The van der Waals surface area contributed by atoms with E-state index in [0.717, 1.165) is 109 Å². The summed E-state index contributed by atoms with van der Waals surface area (Å²) < 4.78 is 67.9. The largest absolute Gasteiger partial charge is 0.472 e. The van der Waals surface area contributed by atoms with Crippen LogP contribution in [0.5, 0.6) is 0 Å².